The number of hydrogen-bond acceptors (Lipinski definition) is 6. The van der Waals surface area contributed by atoms with Gasteiger partial charge in [0.25, 0.3) is 5.91 Å². The van der Waals surface area contributed by atoms with Crippen LogP contribution in [0.2, 0.25) is 0 Å². The first-order chi connectivity index (χ1) is 14.5. The van der Waals surface area contributed by atoms with Gasteiger partial charge in [0.15, 0.2) is 0 Å². The highest BCUT2D eigenvalue weighted by Crippen LogP contribution is 2.29. The van der Waals surface area contributed by atoms with Crippen LogP contribution in [0.5, 0.6) is 0 Å². The molecule has 9 heteroatoms. The van der Waals surface area contributed by atoms with Crippen molar-refractivity contribution >= 4 is 11.9 Å². The van der Waals surface area contributed by atoms with Gasteiger partial charge in [0.05, 0.1) is 12.2 Å². The first-order valence-electron chi connectivity index (χ1n) is 9.52. The Kier molecular flexibility index (Phi) is 5.55. The number of hydroxylamine groups is 1. The van der Waals surface area contributed by atoms with Crippen LogP contribution in [0.3, 0.4) is 0 Å². The van der Waals surface area contributed by atoms with Crippen molar-refractivity contribution in [2.45, 2.75) is 25.0 Å². The molecule has 1 fully saturated rings. The fraction of sp³-hybridized carbons (Fsp3) is 0.238. The zero-order chi connectivity index (χ0) is 21.1. The Balaban J connectivity index is 1.53. The molecule has 1 aliphatic rings. The third kappa shape index (κ3) is 4.07. The standard InChI is InChI=1S/C21H21N5O4/c27-20(23-30)16-8-4-7-15(9-16)18-13-26(24-22-18)17-10-19(21(28)29)25(12-17)11-14-5-2-1-3-6-14/h1-9,13,17,19,30H,10-12H2,(H,23,27)(H,28,29)/t17-,19-/m1/s1. The summed E-state index contributed by atoms with van der Waals surface area (Å²) in [4.78, 5) is 25.4. The van der Waals surface area contributed by atoms with E-state index in [1.165, 1.54) is 0 Å². The van der Waals surface area contributed by atoms with Crippen LogP contribution >= 0.6 is 0 Å². The highest BCUT2D eigenvalue weighted by atomic mass is 16.5. The molecule has 4 rings (SSSR count). The lowest BCUT2D eigenvalue weighted by Crippen LogP contribution is -2.35. The molecule has 0 radical (unpaired) electrons. The maximum absolute atomic E-state index is 11.8. The van der Waals surface area contributed by atoms with Gasteiger partial charge in [0.1, 0.15) is 11.7 Å². The number of rotatable bonds is 6. The summed E-state index contributed by atoms with van der Waals surface area (Å²) in [5.41, 5.74) is 4.21. The van der Waals surface area contributed by atoms with Gasteiger partial charge in [-0.3, -0.25) is 19.7 Å². The second kappa shape index (κ2) is 8.44. The highest BCUT2D eigenvalue weighted by molar-refractivity contribution is 5.94. The second-order valence-corrected chi connectivity index (χ2v) is 7.26. The molecule has 154 valence electrons. The zero-order valence-electron chi connectivity index (χ0n) is 16.0. The van der Waals surface area contributed by atoms with Crippen molar-refractivity contribution in [2.75, 3.05) is 6.54 Å². The minimum atomic E-state index is -0.850. The van der Waals surface area contributed by atoms with E-state index in [4.69, 9.17) is 5.21 Å². The van der Waals surface area contributed by atoms with Gasteiger partial charge in [-0.25, -0.2) is 10.2 Å². The molecular formula is C21H21N5O4. The average molecular weight is 407 g/mol. The summed E-state index contributed by atoms with van der Waals surface area (Å²) >= 11 is 0. The molecule has 1 aromatic heterocycles. The van der Waals surface area contributed by atoms with Crippen LogP contribution < -0.4 is 5.48 Å². The van der Waals surface area contributed by atoms with E-state index in [0.29, 0.717) is 36.3 Å². The van der Waals surface area contributed by atoms with Crippen LogP contribution in [-0.4, -0.2) is 54.7 Å². The molecule has 2 atom stereocenters. The van der Waals surface area contributed by atoms with Crippen LogP contribution in [0, 0.1) is 0 Å². The Morgan fingerprint density at radius 2 is 1.93 bits per heavy atom. The number of amides is 1. The van der Waals surface area contributed by atoms with Crippen molar-refractivity contribution in [3.63, 3.8) is 0 Å². The average Bonchev–Trinajstić information content (AvgIpc) is 3.41. The molecule has 1 saturated heterocycles. The molecule has 30 heavy (non-hydrogen) atoms. The first kappa shape index (κ1) is 19.7. The summed E-state index contributed by atoms with van der Waals surface area (Å²) < 4.78 is 1.69. The third-order valence-corrected chi connectivity index (χ3v) is 5.30. The van der Waals surface area contributed by atoms with Gasteiger partial charge in [-0.1, -0.05) is 47.7 Å². The Bertz CT molecular complexity index is 1050. The smallest absolute Gasteiger partial charge is 0.321 e. The Morgan fingerprint density at radius 1 is 1.13 bits per heavy atom. The number of nitrogens with zero attached hydrogens (tertiary/aromatic N) is 4. The van der Waals surface area contributed by atoms with Crippen molar-refractivity contribution in [3.05, 3.63) is 71.9 Å². The summed E-state index contributed by atoms with van der Waals surface area (Å²) in [5, 5.41) is 26.9. The molecule has 0 aliphatic carbocycles. The van der Waals surface area contributed by atoms with Crippen molar-refractivity contribution in [1.29, 1.82) is 0 Å². The number of carboxylic acids is 1. The zero-order valence-corrected chi connectivity index (χ0v) is 16.0. The number of likely N-dealkylation sites (tertiary alicyclic amines) is 1. The molecule has 2 heterocycles. The maximum atomic E-state index is 11.8. The van der Waals surface area contributed by atoms with Gasteiger partial charge in [-0.05, 0) is 24.1 Å². The lowest BCUT2D eigenvalue weighted by molar-refractivity contribution is -0.142. The van der Waals surface area contributed by atoms with Crippen LogP contribution in [0.1, 0.15) is 28.4 Å². The molecule has 0 saturated carbocycles. The number of carbonyl (C=O) groups is 2. The monoisotopic (exact) mass is 407 g/mol. The summed E-state index contributed by atoms with van der Waals surface area (Å²) in [7, 11) is 0. The summed E-state index contributed by atoms with van der Waals surface area (Å²) in [5.74, 6) is -1.46. The predicted molar refractivity (Wildman–Crippen MR) is 107 cm³/mol. The third-order valence-electron chi connectivity index (χ3n) is 5.30. The van der Waals surface area contributed by atoms with E-state index in [9.17, 15) is 14.7 Å². The van der Waals surface area contributed by atoms with E-state index in [1.54, 1.807) is 40.6 Å². The summed E-state index contributed by atoms with van der Waals surface area (Å²) in [6.45, 7) is 1.09. The molecule has 2 aromatic carbocycles. The largest absolute Gasteiger partial charge is 0.480 e. The number of carbonyl (C=O) groups excluding carboxylic acids is 1. The molecule has 0 unspecified atom stereocenters. The molecule has 1 amide bonds. The van der Waals surface area contributed by atoms with E-state index in [0.717, 1.165) is 5.56 Å². The first-order valence-corrected chi connectivity index (χ1v) is 9.52. The topological polar surface area (TPSA) is 121 Å². The predicted octanol–water partition coefficient (Wildman–Crippen LogP) is 1.96. The number of carboxylic acid groups (broad SMARTS) is 1. The van der Waals surface area contributed by atoms with Gasteiger partial charge in [-0.15, -0.1) is 5.10 Å². The molecule has 0 spiro atoms. The number of benzene rings is 2. The Morgan fingerprint density at radius 3 is 2.67 bits per heavy atom. The van der Waals surface area contributed by atoms with Gasteiger partial charge in [0, 0.05) is 24.2 Å². The minimum Gasteiger partial charge on any atom is -0.480 e. The molecular weight excluding hydrogens is 386 g/mol. The van der Waals surface area contributed by atoms with Crippen LogP contribution in [0.4, 0.5) is 0 Å². The van der Waals surface area contributed by atoms with Gasteiger partial charge in [0.2, 0.25) is 0 Å². The molecule has 3 aromatic rings. The summed E-state index contributed by atoms with van der Waals surface area (Å²) in [6.07, 6.45) is 2.18. The molecule has 1 aliphatic heterocycles. The number of nitrogens with one attached hydrogen (secondary N) is 1. The number of aliphatic carboxylic acids is 1. The van der Waals surface area contributed by atoms with E-state index in [2.05, 4.69) is 10.3 Å². The highest BCUT2D eigenvalue weighted by Gasteiger charge is 2.38. The van der Waals surface area contributed by atoms with Gasteiger partial charge < -0.3 is 5.11 Å². The van der Waals surface area contributed by atoms with Crippen molar-refractivity contribution < 1.29 is 19.9 Å². The quantitative estimate of drug-likeness (QED) is 0.422. The van der Waals surface area contributed by atoms with E-state index >= 15 is 0 Å². The normalized spacial score (nSPS) is 19.0. The molecule has 0 bridgehead atoms. The minimum absolute atomic E-state index is 0.125. The Hall–Kier alpha value is -3.56. The lowest BCUT2D eigenvalue weighted by Gasteiger charge is -2.20. The number of aromatic nitrogens is 3. The molecule has 9 nitrogen and oxygen atoms in total. The summed E-state index contributed by atoms with van der Waals surface area (Å²) in [6, 6.07) is 15.7. The fourth-order valence-corrected chi connectivity index (χ4v) is 3.79. The van der Waals surface area contributed by atoms with Crippen LogP contribution in [0.25, 0.3) is 11.3 Å². The SMILES string of the molecule is O=C(NO)c1cccc(-c2cn([C@@H]3C[C@H](C(=O)O)N(Cc4ccccc4)C3)nn2)c1. The maximum Gasteiger partial charge on any atom is 0.321 e. The van der Waals surface area contributed by atoms with E-state index < -0.39 is 17.9 Å². The van der Waals surface area contributed by atoms with E-state index in [1.807, 2.05) is 35.2 Å². The number of hydrogen-bond donors (Lipinski definition) is 3. The van der Waals surface area contributed by atoms with E-state index in [-0.39, 0.29) is 6.04 Å². The fourth-order valence-electron chi connectivity index (χ4n) is 3.79. The van der Waals surface area contributed by atoms with Crippen LogP contribution in [-0.2, 0) is 11.3 Å². The molecule has 3 N–H and O–H groups in total. The second-order valence-electron chi connectivity index (χ2n) is 7.26. The Labute approximate surface area is 172 Å². The van der Waals surface area contributed by atoms with Gasteiger partial charge in [-0.2, -0.15) is 0 Å². The van der Waals surface area contributed by atoms with Gasteiger partial charge >= 0.3 is 5.97 Å². The van der Waals surface area contributed by atoms with Crippen molar-refractivity contribution in [2.24, 2.45) is 0 Å². The lowest BCUT2D eigenvalue weighted by atomic mass is 10.1. The van der Waals surface area contributed by atoms with Crippen molar-refractivity contribution in [1.82, 2.24) is 25.4 Å². The van der Waals surface area contributed by atoms with Crippen molar-refractivity contribution in [3.8, 4) is 11.3 Å². The van der Waals surface area contributed by atoms with Crippen LogP contribution in [0.15, 0.2) is 60.8 Å².